The van der Waals surface area contributed by atoms with Crippen molar-refractivity contribution < 1.29 is 32.3 Å². The molecular formula is C17H21F3N2O4S. The van der Waals surface area contributed by atoms with Gasteiger partial charge in [0.05, 0.1) is 12.1 Å². The molecule has 0 saturated heterocycles. The van der Waals surface area contributed by atoms with Crippen molar-refractivity contribution in [2.75, 3.05) is 20.2 Å². The van der Waals surface area contributed by atoms with E-state index in [2.05, 4.69) is 5.32 Å². The standard InChI is InChI=1S/C17H21F3N2O4S/c1-16(2,3)21-13(23)9-22(4)14(24)10-26-15(25)11-5-7-12(8-6-11)27-17(18,19)20/h5-8H,9-10H2,1-4H3,(H,21,23). The average Bonchev–Trinajstić information content (AvgIpc) is 2.49. The van der Waals surface area contributed by atoms with Gasteiger partial charge in [0, 0.05) is 17.5 Å². The average molecular weight is 406 g/mol. The number of ether oxygens (including phenoxy) is 1. The maximum absolute atomic E-state index is 12.3. The van der Waals surface area contributed by atoms with E-state index in [0.717, 1.165) is 17.0 Å². The van der Waals surface area contributed by atoms with Crippen LogP contribution in [-0.2, 0) is 14.3 Å². The minimum Gasteiger partial charge on any atom is -0.452 e. The highest BCUT2D eigenvalue weighted by molar-refractivity contribution is 8.00. The Bertz CT molecular complexity index is 685. The van der Waals surface area contributed by atoms with Crippen LogP contribution in [0.5, 0.6) is 0 Å². The van der Waals surface area contributed by atoms with Gasteiger partial charge in [0.25, 0.3) is 5.91 Å². The zero-order valence-corrected chi connectivity index (χ0v) is 16.2. The molecule has 10 heteroatoms. The van der Waals surface area contributed by atoms with Crippen LogP contribution in [0.4, 0.5) is 13.2 Å². The van der Waals surface area contributed by atoms with E-state index < -0.39 is 29.5 Å². The molecule has 1 N–H and O–H groups in total. The molecule has 0 aliphatic heterocycles. The second kappa shape index (κ2) is 9.12. The molecule has 0 radical (unpaired) electrons. The molecule has 1 aromatic rings. The summed E-state index contributed by atoms with van der Waals surface area (Å²) in [6, 6.07) is 4.64. The summed E-state index contributed by atoms with van der Waals surface area (Å²) < 4.78 is 41.6. The van der Waals surface area contributed by atoms with Crippen LogP contribution in [0.3, 0.4) is 0 Å². The van der Waals surface area contributed by atoms with E-state index in [1.807, 2.05) is 0 Å². The van der Waals surface area contributed by atoms with Gasteiger partial charge in [-0.1, -0.05) is 0 Å². The number of nitrogens with one attached hydrogen (secondary N) is 1. The number of alkyl halides is 3. The predicted molar refractivity (Wildman–Crippen MR) is 94.2 cm³/mol. The minimum atomic E-state index is -4.42. The molecule has 2 amide bonds. The van der Waals surface area contributed by atoms with Gasteiger partial charge in [-0.05, 0) is 56.8 Å². The Hall–Kier alpha value is -2.23. The first-order valence-corrected chi connectivity index (χ1v) is 8.66. The lowest BCUT2D eigenvalue weighted by Crippen LogP contribution is -2.46. The number of thioether (sulfide) groups is 1. The van der Waals surface area contributed by atoms with Gasteiger partial charge in [-0.15, -0.1) is 0 Å². The van der Waals surface area contributed by atoms with Gasteiger partial charge >= 0.3 is 11.5 Å². The van der Waals surface area contributed by atoms with Gasteiger partial charge in [0.15, 0.2) is 6.61 Å². The van der Waals surface area contributed by atoms with Crippen molar-refractivity contribution in [2.24, 2.45) is 0 Å². The highest BCUT2D eigenvalue weighted by atomic mass is 32.2. The van der Waals surface area contributed by atoms with Crippen molar-refractivity contribution in [1.29, 1.82) is 0 Å². The van der Waals surface area contributed by atoms with Crippen molar-refractivity contribution in [3.05, 3.63) is 29.8 Å². The summed E-state index contributed by atoms with van der Waals surface area (Å²) >= 11 is -0.298. The fourth-order valence-electron chi connectivity index (χ4n) is 1.87. The number of amides is 2. The number of carbonyl (C=O) groups excluding carboxylic acids is 3. The minimum absolute atomic E-state index is 0.0162. The number of likely N-dealkylation sites (N-methyl/N-ethyl adjacent to an activating group) is 1. The summed E-state index contributed by atoms with van der Waals surface area (Å²) in [5.74, 6) is -1.79. The third kappa shape index (κ3) is 9.32. The Labute approximate surface area is 159 Å². The topological polar surface area (TPSA) is 75.7 Å². The van der Waals surface area contributed by atoms with E-state index in [1.54, 1.807) is 20.8 Å². The normalized spacial score (nSPS) is 11.7. The number of nitrogens with zero attached hydrogens (tertiary/aromatic N) is 1. The number of halogens is 3. The van der Waals surface area contributed by atoms with Gasteiger partial charge < -0.3 is 15.0 Å². The lowest BCUT2D eigenvalue weighted by Gasteiger charge is -2.23. The molecule has 1 aromatic carbocycles. The first kappa shape index (κ1) is 22.8. The van der Waals surface area contributed by atoms with Crippen LogP contribution in [0.15, 0.2) is 29.2 Å². The Morgan fingerprint density at radius 3 is 2.15 bits per heavy atom. The summed E-state index contributed by atoms with van der Waals surface area (Å²) in [6.45, 7) is 4.61. The SMILES string of the molecule is CN(CC(=O)NC(C)(C)C)C(=O)COC(=O)c1ccc(SC(F)(F)F)cc1. The molecule has 0 saturated carbocycles. The van der Waals surface area contributed by atoms with Crippen molar-refractivity contribution >= 4 is 29.5 Å². The molecule has 0 heterocycles. The number of hydrogen-bond acceptors (Lipinski definition) is 5. The van der Waals surface area contributed by atoms with Crippen LogP contribution in [0.1, 0.15) is 31.1 Å². The van der Waals surface area contributed by atoms with Crippen molar-refractivity contribution in [2.45, 2.75) is 36.7 Å². The number of benzene rings is 1. The Morgan fingerprint density at radius 1 is 1.11 bits per heavy atom. The quantitative estimate of drug-likeness (QED) is 0.581. The van der Waals surface area contributed by atoms with Crippen LogP contribution in [0.2, 0.25) is 0 Å². The smallest absolute Gasteiger partial charge is 0.446 e. The van der Waals surface area contributed by atoms with Crippen LogP contribution in [-0.4, -0.2) is 53.9 Å². The largest absolute Gasteiger partial charge is 0.452 e. The molecule has 0 aromatic heterocycles. The fourth-order valence-corrected chi connectivity index (χ4v) is 2.41. The summed E-state index contributed by atoms with van der Waals surface area (Å²) in [7, 11) is 1.39. The van der Waals surface area contributed by atoms with Gasteiger partial charge in [-0.3, -0.25) is 9.59 Å². The van der Waals surface area contributed by atoms with Gasteiger partial charge in [-0.25, -0.2) is 4.79 Å². The van der Waals surface area contributed by atoms with Crippen molar-refractivity contribution in [3.8, 4) is 0 Å². The van der Waals surface area contributed by atoms with Gasteiger partial charge in [0.1, 0.15) is 0 Å². The van der Waals surface area contributed by atoms with Crippen LogP contribution in [0, 0.1) is 0 Å². The molecule has 150 valence electrons. The molecule has 0 aliphatic carbocycles. The maximum Gasteiger partial charge on any atom is 0.446 e. The molecule has 0 fully saturated rings. The highest BCUT2D eigenvalue weighted by Gasteiger charge is 2.29. The van der Waals surface area contributed by atoms with E-state index >= 15 is 0 Å². The van der Waals surface area contributed by atoms with E-state index in [9.17, 15) is 27.6 Å². The lowest BCUT2D eigenvalue weighted by atomic mass is 10.1. The molecule has 0 atom stereocenters. The fraction of sp³-hybridized carbons (Fsp3) is 0.471. The third-order valence-corrected chi connectivity index (χ3v) is 3.71. The maximum atomic E-state index is 12.3. The summed E-state index contributed by atoms with van der Waals surface area (Å²) in [5, 5.41) is 2.69. The second-order valence-corrected chi connectivity index (χ2v) is 7.83. The zero-order valence-electron chi connectivity index (χ0n) is 15.3. The number of carbonyl (C=O) groups is 3. The van der Waals surface area contributed by atoms with E-state index in [0.29, 0.717) is 0 Å². The van der Waals surface area contributed by atoms with Crippen molar-refractivity contribution in [1.82, 2.24) is 10.2 Å². The summed E-state index contributed by atoms with van der Waals surface area (Å²) in [4.78, 5) is 36.6. The zero-order chi connectivity index (χ0) is 20.8. The molecule has 6 nitrogen and oxygen atoms in total. The Balaban J connectivity index is 2.51. The highest BCUT2D eigenvalue weighted by Crippen LogP contribution is 2.36. The first-order valence-electron chi connectivity index (χ1n) is 7.85. The van der Waals surface area contributed by atoms with E-state index in [-0.39, 0.29) is 34.7 Å². The molecule has 0 bridgehead atoms. The van der Waals surface area contributed by atoms with E-state index in [4.69, 9.17) is 4.74 Å². The predicted octanol–water partition coefficient (Wildman–Crippen LogP) is 2.83. The molecule has 0 spiro atoms. The molecular weight excluding hydrogens is 385 g/mol. The number of hydrogen-bond donors (Lipinski definition) is 1. The molecule has 1 rings (SSSR count). The third-order valence-electron chi connectivity index (χ3n) is 2.97. The number of esters is 1. The second-order valence-electron chi connectivity index (χ2n) is 6.70. The Morgan fingerprint density at radius 2 is 1.67 bits per heavy atom. The Kier molecular flexibility index (Phi) is 7.70. The van der Waals surface area contributed by atoms with Crippen LogP contribution < -0.4 is 5.32 Å². The first-order chi connectivity index (χ1) is 12.3. The van der Waals surface area contributed by atoms with Crippen LogP contribution in [0.25, 0.3) is 0 Å². The van der Waals surface area contributed by atoms with Crippen LogP contribution >= 0.6 is 11.8 Å². The lowest BCUT2D eigenvalue weighted by molar-refractivity contribution is -0.137. The summed E-state index contributed by atoms with van der Waals surface area (Å²) in [6.07, 6.45) is 0. The summed E-state index contributed by atoms with van der Waals surface area (Å²) in [5.41, 5.74) is -4.84. The van der Waals surface area contributed by atoms with Gasteiger partial charge in [0.2, 0.25) is 5.91 Å². The molecule has 0 unspecified atom stereocenters. The van der Waals surface area contributed by atoms with E-state index in [1.165, 1.54) is 19.2 Å². The molecule has 27 heavy (non-hydrogen) atoms. The monoisotopic (exact) mass is 406 g/mol. The van der Waals surface area contributed by atoms with Gasteiger partial charge in [-0.2, -0.15) is 13.2 Å². The number of rotatable bonds is 6. The molecule has 0 aliphatic rings. The van der Waals surface area contributed by atoms with Crippen molar-refractivity contribution in [3.63, 3.8) is 0 Å².